The monoisotopic (exact) mass is 321 g/mol. The van der Waals surface area contributed by atoms with Gasteiger partial charge < -0.3 is 4.90 Å². The minimum Gasteiger partial charge on any atom is -0.351 e. The predicted octanol–water partition coefficient (Wildman–Crippen LogP) is 6.17. The lowest BCUT2D eigenvalue weighted by molar-refractivity contribution is 0.700. The van der Waals surface area contributed by atoms with Gasteiger partial charge in [-0.1, -0.05) is 88.2 Å². The third-order valence-corrected chi connectivity index (χ3v) is 4.55. The fourth-order valence-corrected chi connectivity index (χ4v) is 2.62. The number of likely N-dealkylation sites (N-methyl/N-ethyl adjacent to an activating group) is 1. The summed E-state index contributed by atoms with van der Waals surface area (Å²) < 4.78 is 0. The molecule has 0 aromatic heterocycles. The van der Waals surface area contributed by atoms with Crippen molar-refractivity contribution in [3.8, 4) is 0 Å². The van der Waals surface area contributed by atoms with Gasteiger partial charge in [0.05, 0.1) is 0 Å². The van der Waals surface area contributed by atoms with E-state index in [1.165, 1.54) is 35.2 Å². The summed E-state index contributed by atoms with van der Waals surface area (Å²) in [4.78, 5) is 2.19. The Labute approximate surface area is 148 Å². The highest BCUT2D eigenvalue weighted by atomic mass is 15.2. The lowest BCUT2D eigenvalue weighted by Crippen LogP contribution is -1.98. The molecule has 1 unspecified atom stereocenters. The minimum absolute atomic E-state index is 0.569. The molecule has 0 saturated carbocycles. The van der Waals surface area contributed by atoms with E-state index in [9.17, 15) is 0 Å². The fraction of sp³-hybridized carbons (Fsp3) is 0.391. The van der Waals surface area contributed by atoms with Crippen LogP contribution in [0.2, 0.25) is 0 Å². The molecule has 0 fully saturated rings. The van der Waals surface area contributed by atoms with Gasteiger partial charge in [-0.25, -0.2) is 0 Å². The van der Waals surface area contributed by atoms with E-state index in [4.69, 9.17) is 0 Å². The van der Waals surface area contributed by atoms with Crippen molar-refractivity contribution in [1.82, 2.24) is 4.90 Å². The van der Waals surface area contributed by atoms with Crippen LogP contribution in [0.15, 0.2) is 66.5 Å². The molecule has 1 heteroatoms. The number of allylic oxidation sites excluding steroid dienone is 1. The summed E-state index contributed by atoms with van der Waals surface area (Å²) in [6, 6.07) is 19.8. The summed E-state index contributed by atoms with van der Waals surface area (Å²) in [5.74, 6) is 0.569. The van der Waals surface area contributed by atoms with Gasteiger partial charge in [-0.05, 0) is 29.0 Å². The van der Waals surface area contributed by atoms with Crippen LogP contribution >= 0.6 is 0 Å². The summed E-state index contributed by atoms with van der Waals surface area (Å²) in [7, 11) is 2.10. The standard InChI is InChI=1S/C19H21N.C4H10/c1-15(18-6-4-3-5-7-18)12-16-8-10-17(11-9-16)13-19-14-20(19)2;1-3-4-2/h3-11,14-15H,12-13H2,1-2H3;3-4H2,1-2H3. The van der Waals surface area contributed by atoms with E-state index in [0.717, 1.165) is 12.8 Å². The largest absolute Gasteiger partial charge is 0.351 e. The molecule has 24 heavy (non-hydrogen) atoms. The van der Waals surface area contributed by atoms with Crippen molar-refractivity contribution in [2.75, 3.05) is 7.05 Å². The maximum absolute atomic E-state index is 2.30. The van der Waals surface area contributed by atoms with Gasteiger partial charge in [0.2, 0.25) is 0 Å². The molecule has 1 heterocycles. The SMILES string of the molecule is CC(Cc1ccc(CC2=CN2C)cc1)c1ccccc1.CCCC. The third kappa shape index (κ3) is 5.88. The Morgan fingerprint density at radius 3 is 1.88 bits per heavy atom. The fourth-order valence-electron chi connectivity index (χ4n) is 2.62. The normalized spacial score (nSPS) is 13.7. The maximum Gasteiger partial charge on any atom is 0.0380 e. The number of hydrogen-bond donors (Lipinski definition) is 0. The molecule has 0 aliphatic carbocycles. The third-order valence-electron chi connectivity index (χ3n) is 4.55. The van der Waals surface area contributed by atoms with Crippen LogP contribution in [0.25, 0.3) is 0 Å². The van der Waals surface area contributed by atoms with Gasteiger partial charge in [-0.2, -0.15) is 0 Å². The number of rotatable bonds is 6. The Balaban J connectivity index is 0.000000471. The van der Waals surface area contributed by atoms with Gasteiger partial charge in [0.15, 0.2) is 0 Å². The summed E-state index contributed by atoms with van der Waals surface area (Å²) in [5.41, 5.74) is 5.66. The van der Waals surface area contributed by atoms with Crippen molar-refractivity contribution in [2.45, 2.75) is 52.4 Å². The Kier molecular flexibility index (Phi) is 7.11. The van der Waals surface area contributed by atoms with E-state index in [-0.39, 0.29) is 0 Å². The Hall–Kier alpha value is -2.02. The Morgan fingerprint density at radius 2 is 1.38 bits per heavy atom. The quantitative estimate of drug-likeness (QED) is 0.615. The molecule has 0 amide bonds. The minimum atomic E-state index is 0.569. The average molecular weight is 322 g/mol. The van der Waals surface area contributed by atoms with Crippen molar-refractivity contribution < 1.29 is 0 Å². The lowest BCUT2D eigenvalue weighted by atomic mass is 9.93. The summed E-state index contributed by atoms with van der Waals surface area (Å²) in [6.45, 7) is 6.66. The van der Waals surface area contributed by atoms with Gasteiger partial charge in [0.25, 0.3) is 0 Å². The van der Waals surface area contributed by atoms with Crippen molar-refractivity contribution in [1.29, 1.82) is 0 Å². The molecule has 1 aliphatic heterocycles. The summed E-state index contributed by atoms with van der Waals surface area (Å²) in [6.07, 6.45) is 6.99. The van der Waals surface area contributed by atoms with E-state index in [1.807, 2.05) is 0 Å². The molecule has 1 aliphatic rings. The van der Waals surface area contributed by atoms with E-state index in [2.05, 4.69) is 93.5 Å². The zero-order chi connectivity index (χ0) is 17.4. The number of nitrogens with zero attached hydrogens (tertiary/aromatic N) is 1. The maximum atomic E-state index is 2.30. The average Bonchev–Trinajstić information content (AvgIpc) is 3.32. The second kappa shape index (κ2) is 9.32. The predicted molar refractivity (Wildman–Crippen MR) is 105 cm³/mol. The van der Waals surface area contributed by atoms with Crippen LogP contribution < -0.4 is 0 Å². The van der Waals surface area contributed by atoms with Crippen LogP contribution in [-0.2, 0) is 12.8 Å². The van der Waals surface area contributed by atoms with Gasteiger partial charge in [-0.3, -0.25) is 0 Å². The summed E-state index contributed by atoms with van der Waals surface area (Å²) in [5, 5.41) is 0. The highest BCUT2D eigenvalue weighted by molar-refractivity contribution is 5.31. The zero-order valence-corrected chi connectivity index (χ0v) is 15.6. The van der Waals surface area contributed by atoms with Gasteiger partial charge >= 0.3 is 0 Å². The van der Waals surface area contributed by atoms with Crippen molar-refractivity contribution in [2.24, 2.45) is 0 Å². The topological polar surface area (TPSA) is 3.01 Å². The second-order valence-electron chi connectivity index (χ2n) is 6.74. The molecule has 0 radical (unpaired) electrons. The molecule has 3 rings (SSSR count). The second-order valence-corrected chi connectivity index (χ2v) is 6.74. The highest BCUT2D eigenvalue weighted by Crippen LogP contribution is 2.24. The van der Waals surface area contributed by atoms with E-state index in [1.54, 1.807) is 0 Å². The van der Waals surface area contributed by atoms with Crippen molar-refractivity contribution in [3.05, 3.63) is 83.2 Å². The molecule has 0 bridgehead atoms. The molecular weight excluding hydrogens is 290 g/mol. The molecule has 2 aromatic carbocycles. The van der Waals surface area contributed by atoms with Crippen LogP contribution in [0, 0.1) is 0 Å². The first kappa shape index (κ1) is 18.3. The molecule has 1 atom stereocenters. The first-order valence-electron chi connectivity index (χ1n) is 9.20. The van der Waals surface area contributed by atoms with Crippen LogP contribution in [0.5, 0.6) is 0 Å². The zero-order valence-electron chi connectivity index (χ0n) is 15.6. The first-order valence-corrected chi connectivity index (χ1v) is 9.20. The number of unbranched alkanes of at least 4 members (excludes halogenated alkanes) is 1. The first-order chi connectivity index (χ1) is 11.6. The molecule has 0 spiro atoms. The smallest absolute Gasteiger partial charge is 0.0380 e. The number of benzene rings is 2. The Bertz CT molecular complexity index is 623. The molecule has 2 aromatic rings. The van der Waals surface area contributed by atoms with Crippen LogP contribution in [-0.4, -0.2) is 11.9 Å². The lowest BCUT2D eigenvalue weighted by Gasteiger charge is -2.12. The summed E-state index contributed by atoms with van der Waals surface area (Å²) >= 11 is 0. The highest BCUT2D eigenvalue weighted by Gasteiger charge is 2.15. The van der Waals surface area contributed by atoms with E-state index >= 15 is 0 Å². The molecule has 1 nitrogen and oxygen atoms in total. The van der Waals surface area contributed by atoms with Crippen molar-refractivity contribution >= 4 is 0 Å². The van der Waals surface area contributed by atoms with E-state index in [0.29, 0.717) is 5.92 Å². The van der Waals surface area contributed by atoms with Crippen LogP contribution in [0.3, 0.4) is 0 Å². The molecule has 128 valence electrons. The van der Waals surface area contributed by atoms with E-state index < -0.39 is 0 Å². The molecular formula is C23H31N. The molecule has 0 N–H and O–H groups in total. The number of hydrogen-bond acceptors (Lipinski definition) is 1. The van der Waals surface area contributed by atoms with Crippen LogP contribution in [0.1, 0.15) is 56.2 Å². The Morgan fingerprint density at radius 1 is 0.833 bits per heavy atom. The van der Waals surface area contributed by atoms with Crippen LogP contribution in [0.4, 0.5) is 0 Å². The molecule has 0 saturated heterocycles. The van der Waals surface area contributed by atoms with Gasteiger partial charge in [-0.15, -0.1) is 0 Å². The van der Waals surface area contributed by atoms with Crippen molar-refractivity contribution in [3.63, 3.8) is 0 Å². The van der Waals surface area contributed by atoms with Gasteiger partial charge in [0, 0.05) is 25.4 Å². The van der Waals surface area contributed by atoms with Gasteiger partial charge in [0.1, 0.15) is 0 Å².